The second kappa shape index (κ2) is 3.51. The molecule has 3 heteroatoms. The normalized spacial score (nSPS) is 24.6. The summed E-state index contributed by atoms with van der Waals surface area (Å²) in [6.45, 7) is 11.7. The van der Waals surface area contributed by atoms with Crippen molar-refractivity contribution < 1.29 is 4.79 Å². The van der Waals surface area contributed by atoms with Crippen molar-refractivity contribution in [2.75, 3.05) is 6.54 Å². The van der Waals surface area contributed by atoms with E-state index in [0.29, 0.717) is 0 Å². The molecule has 1 heterocycles. The van der Waals surface area contributed by atoms with Gasteiger partial charge in [-0.25, -0.2) is 0 Å². The summed E-state index contributed by atoms with van der Waals surface area (Å²) in [5.41, 5.74) is 0.0341. The average molecular weight is 262 g/mol. The number of carbonyl (C=O) groups is 1. The molecule has 0 radical (unpaired) electrons. The molecule has 14 heavy (non-hydrogen) atoms. The molecule has 82 valence electrons. The second-order valence-corrected chi connectivity index (χ2v) is 6.66. The minimum atomic E-state index is -0.0768. The quantitative estimate of drug-likeness (QED) is 0.665. The summed E-state index contributed by atoms with van der Waals surface area (Å²) in [6, 6.07) is 0. The van der Waals surface area contributed by atoms with Gasteiger partial charge in [-0.3, -0.25) is 4.79 Å². The molecule has 1 atom stereocenters. The van der Waals surface area contributed by atoms with Crippen LogP contribution in [0.4, 0.5) is 0 Å². The van der Waals surface area contributed by atoms with E-state index in [1.807, 2.05) is 4.90 Å². The lowest BCUT2D eigenvalue weighted by molar-refractivity contribution is -0.135. The van der Waals surface area contributed by atoms with Crippen molar-refractivity contribution in [3.05, 3.63) is 0 Å². The van der Waals surface area contributed by atoms with Gasteiger partial charge < -0.3 is 4.90 Å². The van der Waals surface area contributed by atoms with Crippen LogP contribution in [-0.2, 0) is 4.79 Å². The van der Waals surface area contributed by atoms with Gasteiger partial charge in [0.15, 0.2) is 0 Å². The third kappa shape index (κ3) is 1.83. The first kappa shape index (κ1) is 12.0. The first-order chi connectivity index (χ1) is 6.18. The molecule has 0 aromatic carbocycles. The number of likely N-dealkylation sites (tertiary alicyclic amines) is 1. The van der Waals surface area contributed by atoms with Gasteiger partial charge in [0.25, 0.3) is 0 Å². The molecule has 0 spiro atoms. The number of amides is 1. The minimum absolute atomic E-state index is 0.0316. The molecule has 1 unspecified atom stereocenters. The number of nitrogens with zero attached hydrogens (tertiary/aromatic N) is 1. The van der Waals surface area contributed by atoms with Crippen molar-refractivity contribution in [3.63, 3.8) is 0 Å². The first-order valence-corrected chi connectivity index (χ1v) is 6.05. The van der Waals surface area contributed by atoms with Crippen LogP contribution in [0.15, 0.2) is 0 Å². The lowest BCUT2D eigenvalue weighted by atomic mass is 9.75. The number of halogens is 1. The Morgan fingerprint density at radius 2 is 1.79 bits per heavy atom. The van der Waals surface area contributed by atoms with Crippen LogP contribution in [0.5, 0.6) is 0 Å². The first-order valence-electron chi connectivity index (χ1n) is 5.13. The van der Waals surface area contributed by atoms with Crippen molar-refractivity contribution in [1.29, 1.82) is 0 Å². The summed E-state index contributed by atoms with van der Waals surface area (Å²) in [4.78, 5) is 13.9. The highest BCUT2D eigenvalue weighted by atomic mass is 79.9. The van der Waals surface area contributed by atoms with Crippen molar-refractivity contribution in [1.82, 2.24) is 4.90 Å². The topological polar surface area (TPSA) is 20.3 Å². The number of alkyl halides is 1. The van der Waals surface area contributed by atoms with Crippen molar-refractivity contribution in [2.45, 2.75) is 51.4 Å². The van der Waals surface area contributed by atoms with Gasteiger partial charge in [-0.2, -0.15) is 0 Å². The summed E-state index contributed by atoms with van der Waals surface area (Å²) in [5, 5.41) is 0. The Bertz CT molecular complexity index is 242. The van der Waals surface area contributed by atoms with Gasteiger partial charge in [-0.05, 0) is 25.7 Å². The van der Waals surface area contributed by atoms with Crippen LogP contribution in [0.2, 0.25) is 0 Å². The van der Waals surface area contributed by atoms with Crippen LogP contribution in [0.3, 0.4) is 0 Å². The molecule has 1 aliphatic rings. The van der Waals surface area contributed by atoms with E-state index in [-0.39, 0.29) is 21.7 Å². The van der Waals surface area contributed by atoms with Gasteiger partial charge in [0.1, 0.15) is 0 Å². The highest BCUT2D eigenvalue weighted by molar-refractivity contribution is 9.10. The molecule has 0 saturated carbocycles. The van der Waals surface area contributed by atoms with Gasteiger partial charge in [0, 0.05) is 12.1 Å². The maximum Gasteiger partial charge on any atom is 0.236 e. The largest absolute Gasteiger partial charge is 0.336 e. The Hall–Kier alpha value is -0.0500. The Morgan fingerprint density at radius 1 is 1.29 bits per heavy atom. The van der Waals surface area contributed by atoms with Crippen LogP contribution in [0.1, 0.15) is 41.0 Å². The predicted octanol–water partition coefficient (Wildman–Crippen LogP) is 2.81. The Balaban J connectivity index is 2.89. The molecule has 1 saturated heterocycles. The third-order valence-electron chi connectivity index (χ3n) is 3.65. The number of rotatable bonds is 1. The molecule has 0 aliphatic carbocycles. The molecule has 1 amide bonds. The molecular formula is C11H20BrNO. The van der Waals surface area contributed by atoms with Crippen LogP contribution in [-0.4, -0.2) is 27.7 Å². The monoisotopic (exact) mass is 261 g/mol. The number of hydrogen-bond acceptors (Lipinski definition) is 1. The average Bonchev–Trinajstić information content (AvgIpc) is 2.30. The molecule has 1 rings (SSSR count). The Morgan fingerprint density at radius 3 is 2.07 bits per heavy atom. The Labute approximate surface area is 95.2 Å². The summed E-state index contributed by atoms with van der Waals surface area (Å²) in [5.74, 6) is 0.241. The van der Waals surface area contributed by atoms with Crippen molar-refractivity contribution >= 4 is 21.8 Å². The van der Waals surface area contributed by atoms with Gasteiger partial charge in [0.2, 0.25) is 5.91 Å². The van der Waals surface area contributed by atoms with E-state index in [9.17, 15) is 4.79 Å². The second-order valence-electron chi connectivity index (χ2n) is 5.56. The van der Waals surface area contributed by atoms with E-state index in [0.717, 1.165) is 13.0 Å². The zero-order chi connectivity index (χ0) is 11.1. The number of hydrogen-bond donors (Lipinski definition) is 0. The molecule has 0 bridgehead atoms. The molecule has 0 N–H and O–H groups in total. The van der Waals surface area contributed by atoms with Crippen LogP contribution in [0, 0.1) is 5.41 Å². The Kier molecular flexibility index (Phi) is 3.01. The minimum Gasteiger partial charge on any atom is -0.336 e. The fraction of sp³-hybridized carbons (Fsp3) is 0.909. The summed E-state index contributed by atoms with van der Waals surface area (Å²) >= 11 is 3.41. The lowest BCUT2D eigenvalue weighted by Gasteiger charge is -2.46. The summed E-state index contributed by atoms with van der Waals surface area (Å²) in [7, 11) is 0. The molecule has 2 nitrogen and oxygen atoms in total. The molecule has 0 aromatic heterocycles. The van der Waals surface area contributed by atoms with Gasteiger partial charge in [-0.15, -0.1) is 0 Å². The van der Waals surface area contributed by atoms with Crippen molar-refractivity contribution in [3.8, 4) is 0 Å². The highest BCUT2D eigenvalue weighted by Gasteiger charge is 2.45. The molecule has 1 fully saturated rings. The van der Waals surface area contributed by atoms with E-state index in [1.54, 1.807) is 0 Å². The number of carbonyl (C=O) groups excluding carboxylic acids is 1. The van der Waals surface area contributed by atoms with Crippen LogP contribution in [0.25, 0.3) is 0 Å². The SMILES string of the molecule is CC(C)(C)C(C)(C)N1CCC(Br)C1=O. The van der Waals surface area contributed by atoms with Gasteiger partial charge >= 0.3 is 0 Å². The lowest BCUT2D eigenvalue weighted by Crippen LogP contribution is -2.53. The smallest absolute Gasteiger partial charge is 0.236 e. The zero-order valence-corrected chi connectivity index (χ0v) is 11.3. The maximum absolute atomic E-state index is 11.9. The van der Waals surface area contributed by atoms with Gasteiger partial charge in [0.05, 0.1) is 4.83 Å². The van der Waals surface area contributed by atoms with E-state index in [4.69, 9.17) is 0 Å². The summed E-state index contributed by atoms with van der Waals surface area (Å²) in [6.07, 6.45) is 0.929. The predicted molar refractivity (Wildman–Crippen MR) is 62.6 cm³/mol. The van der Waals surface area contributed by atoms with Crippen LogP contribution >= 0.6 is 15.9 Å². The highest BCUT2D eigenvalue weighted by Crippen LogP contribution is 2.38. The van der Waals surface area contributed by atoms with Gasteiger partial charge in [-0.1, -0.05) is 36.7 Å². The third-order valence-corrected chi connectivity index (χ3v) is 4.50. The molecule has 1 aliphatic heterocycles. The van der Waals surface area contributed by atoms with E-state index < -0.39 is 0 Å². The van der Waals surface area contributed by atoms with E-state index in [1.165, 1.54) is 0 Å². The fourth-order valence-corrected chi connectivity index (χ4v) is 2.06. The summed E-state index contributed by atoms with van der Waals surface area (Å²) < 4.78 is 0. The standard InChI is InChI=1S/C11H20BrNO/c1-10(2,3)11(4,5)13-7-6-8(12)9(13)14/h8H,6-7H2,1-5H3. The maximum atomic E-state index is 11.9. The molecular weight excluding hydrogens is 242 g/mol. The fourth-order valence-electron chi connectivity index (χ4n) is 1.61. The van der Waals surface area contributed by atoms with Crippen molar-refractivity contribution in [2.24, 2.45) is 5.41 Å². The van der Waals surface area contributed by atoms with E-state index >= 15 is 0 Å². The molecule has 0 aromatic rings. The van der Waals surface area contributed by atoms with E-state index in [2.05, 4.69) is 50.5 Å². The zero-order valence-electron chi connectivity index (χ0n) is 9.72. The van der Waals surface area contributed by atoms with Crippen LogP contribution < -0.4 is 0 Å².